The second kappa shape index (κ2) is 7.97. The normalized spacial score (nSPS) is 10.7. The van der Waals surface area contributed by atoms with Crippen LogP contribution in [0, 0.1) is 0 Å². The van der Waals surface area contributed by atoms with Crippen LogP contribution in [0.25, 0.3) is 17.1 Å². The minimum atomic E-state index is -0.225. The van der Waals surface area contributed by atoms with Gasteiger partial charge in [-0.05, 0) is 42.5 Å². The van der Waals surface area contributed by atoms with Crippen LogP contribution in [0.3, 0.4) is 0 Å². The topological polar surface area (TPSA) is 86.3 Å². The van der Waals surface area contributed by atoms with Crippen molar-refractivity contribution in [1.29, 1.82) is 0 Å². The number of hydrogen-bond donors (Lipinski definition) is 0. The SMILES string of the molecule is COc1ccc(-n2nc(C(=O)N(C)Cc3ccon3)cc2-c2ccccn2)cc1. The Labute approximate surface area is 167 Å². The molecule has 1 amide bonds. The number of carbonyl (C=O) groups excluding carboxylic acids is 1. The Kier molecular flexibility index (Phi) is 5.07. The summed E-state index contributed by atoms with van der Waals surface area (Å²) >= 11 is 0. The fourth-order valence-electron chi connectivity index (χ4n) is 2.93. The maximum atomic E-state index is 13.0. The first kappa shape index (κ1) is 18.4. The number of aromatic nitrogens is 4. The molecule has 0 N–H and O–H groups in total. The van der Waals surface area contributed by atoms with Gasteiger partial charge in [0.2, 0.25) is 0 Å². The molecule has 8 heteroatoms. The summed E-state index contributed by atoms with van der Waals surface area (Å²) < 4.78 is 11.8. The molecule has 0 aliphatic carbocycles. The lowest BCUT2D eigenvalue weighted by Gasteiger charge is -2.13. The smallest absolute Gasteiger partial charge is 0.274 e. The number of carbonyl (C=O) groups is 1. The number of hydrogen-bond acceptors (Lipinski definition) is 6. The van der Waals surface area contributed by atoms with Crippen molar-refractivity contribution < 1.29 is 14.1 Å². The number of benzene rings is 1. The van der Waals surface area contributed by atoms with Gasteiger partial charge in [-0.3, -0.25) is 9.78 Å². The highest BCUT2D eigenvalue weighted by molar-refractivity contribution is 5.93. The van der Waals surface area contributed by atoms with E-state index in [1.54, 1.807) is 42.1 Å². The molecule has 0 aliphatic heterocycles. The highest BCUT2D eigenvalue weighted by Crippen LogP contribution is 2.24. The second-order valence-corrected chi connectivity index (χ2v) is 6.39. The number of rotatable bonds is 6. The largest absolute Gasteiger partial charge is 0.497 e. The summed E-state index contributed by atoms with van der Waals surface area (Å²) in [6, 6.07) is 16.5. The fourth-order valence-corrected chi connectivity index (χ4v) is 2.93. The molecule has 0 spiro atoms. The number of nitrogens with zero attached hydrogens (tertiary/aromatic N) is 5. The van der Waals surface area contributed by atoms with E-state index in [9.17, 15) is 4.79 Å². The number of amides is 1. The summed E-state index contributed by atoms with van der Waals surface area (Å²) in [6.45, 7) is 0.323. The molecular formula is C21H19N5O3. The first-order valence-electron chi connectivity index (χ1n) is 8.96. The average molecular weight is 389 g/mol. The molecule has 3 aromatic heterocycles. The summed E-state index contributed by atoms with van der Waals surface area (Å²) in [5, 5.41) is 8.41. The Morgan fingerprint density at radius 3 is 2.66 bits per heavy atom. The molecule has 0 aliphatic rings. The maximum Gasteiger partial charge on any atom is 0.274 e. The van der Waals surface area contributed by atoms with Crippen molar-refractivity contribution in [3.8, 4) is 22.8 Å². The molecule has 1 aromatic carbocycles. The van der Waals surface area contributed by atoms with Crippen molar-refractivity contribution in [3.05, 3.63) is 78.4 Å². The van der Waals surface area contributed by atoms with Gasteiger partial charge in [-0.25, -0.2) is 4.68 Å². The predicted octanol–water partition coefficient (Wildman–Crippen LogP) is 3.20. The van der Waals surface area contributed by atoms with E-state index in [1.165, 1.54) is 6.26 Å². The Bertz CT molecular complexity index is 1090. The molecule has 3 heterocycles. The lowest BCUT2D eigenvalue weighted by molar-refractivity contribution is 0.0776. The number of pyridine rings is 1. The Morgan fingerprint density at radius 2 is 2.00 bits per heavy atom. The third-order valence-corrected chi connectivity index (χ3v) is 4.41. The first-order valence-corrected chi connectivity index (χ1v) is 8.96. The van der Waals surface area contributed by atoms with E-state index in [0.29, 0.717) is 29.3 Å². The lowest BCUT2D eigenvalue weighted by Crippen LogP contribution is -2.26. The van der Waals surface area contributed by atoms with Gasteiger partial charge in [-0.1, -0.05) is 11.2 Å². The molecule has 146 valence electrons. The summed E-state index contributed by atoms with van der Waals surface area (Å²) in [6.07, 6.45) is 3.18. The van der Waals surface area contributed by atoms with Gasteiger partial charge in [0.1, 0.15) is 17.7 Å². The van der Waals surface area contributed by atoms with Gasteiger partial charge in [-0.2, -0.15) is 5.10 Å². The summed E-state index contributed by atoms with van der Waals surface area (Å²) in [5.41, 5.74) is 3.21. The molecule has 0 atom stereocenters. The Hall–Kier alpha value is -3.94. The molecule has 4 rings (SSSR count). The van der Waals surface area contributed by atoms with Crippen LogP contribution in [-0.4, -0.2) is 44.9 Å². The third-order valence-electron chi connectivity index (χ3n) is 4.41. The summed E-state index contributed by atoms with van der Waals surface area (Å²) in [5.74, 6) is 0.515. The molecule has 0 radical (unpaired) electrons. The van der Waals surface area contributed by atoms with Crippen LogP contribution >= 0.6 is 0 Å². The molecule has 4 aromatic rings. The van der Waals surface area contributed by atoms with Crippen LogP contribution in [0.2, 0.25) is 0 Å². The van der Waals surface area contributed by atoms with E-state index < -0.39 is 0 Å². The third kappa shape index (κ3) is 3.86. The number of methoxy groups -OCH3 is 1. The summed E-state index contributed by atoms with van der Waals surface area (Å²) in [4.78, 5) is 18.9. The average Bonchev–Trinajstić information content (AvgIpc) is 3.44. The first-order chi connectivity index (χ1) is 14.2. The van der Waals surface area contributed by atoms with Crippen molar-refractivity contribution in [3.63, 3.8) is 0 Å². The molecule has 0 unspecified atom stereocenters. The molecule has 0 saturated carbocycles. The van der Waals surface area contributed by atoms with Crippen molar-refractivity contribution in [2.45, 2.75) is 6.54 Å². The van der Waals surface area contributed by atoms with E-state index >= 15 is 0 Å². The Balaban J connectivity index is 1.71. The van der Waals surface area contributed by atoms with Crippen LogP contribution in [-0.2, 0) is 6.54 Å². The second-order valence-electron chi connectivity index (χ2n) is 6.39. The van der Waals surface area contributed by atoms with Gasteiger partial charge in [0.15, 0.2) is 5.69 Å². The molecule has 0 bridgehead atoms. The minimum absolute atomic E-state index is 0.225. The minimum Gasteiger partial charge on any atom is -0.497 e. The van der Waals surface area contributed by atoms with Gasteiger partial charge in [0.25, 0.3) is 5.91 Å². The van der Waals surface area contributed by atoms with Crippen LogP contribution in [0.4, 0.5) is 0 Å². The highest BCUT2D eigenvalue weighted by Gasteiger charge is 2.21. The number of ether oxygens (including phenoxy) is 1. The van der Waals surface area contributed by atoms with Crippen LogP contribution < -0.4 is 4.74 Å². The zero-order valence-corrected chi connectivity index (χ0v) is 16.0. The van der Waals surface area contributed by atoms with Gasteiger partial charge in [0, 0.05) is 19.3 Å². The van der Waals surface area contributed by atoms with Crippen LogP contribution in [0.15, 0.2) is 71.6 Å². The van der Waals surface area contributed by atoms with Crippen molar-refractivity contribution >= 4 is 5.91 Å². The molecule has 8 nitrogen and oxygen atoms in total. The van der Waals surface area contributed by atoms with Crippen LogP contribution in [0.1, 0.15) is 16.2 Å². The summed E-state index contributed by atoms with van der Waals surface area (Å²) in [7, 11) is 3.31. The fraction of sp³-hybridized carbons (Fsp3) is 0.143. The van der Waals surface area contributed by atoms with Gasteiger partial charge < -0.3 is 14.2 Å². The molecule has 0 saturated heterocycles. The maximum absolute atomic E-state index is 13.0. The monoisotopic (exact) mass is 389 g/mol. The molecule has 0 fully saturated rings. The van der Waals surface area contributed by atoms with Crippen molar-refractivity contribution in [2.75, 3.05) is 14.2 Å². The Morgan fingerprint density at radius 1 is 1.17 bits per heavy atom. The standard InChI is InChI=1S/C21H19N5O3/c1-25(14-15-10-12-29-24-15)21(27)19-13-20(18-5-3-4-11-22-18)26(23-19)16-6-8-17(28-2)9-7-16/h3-13H,14H2,1-2H3. The zero-order chi connectivity index (χ0) is 20.2. The lowest BCUT2D eigenvalue weighted by atomic mass is 10.2. The van der Waals surface area contributed by atoms with Crippen molar-refractivity contribution in [2.24, 2.45) is 0 Å². The van der Waals surface area contributed by atoms with Crippen molar-refractivity contribution in [1.82, 2.24) is 24.8 Å². The molecule has 29 heavy (non-hydrogen) atoms. The predicted molar refractivity (Wildman–Crippen MR) is 106 cm³/mol. The van der Waals surface area contributed by atoms with E-state index in [0.717, 1.165) is 11.4 Å². The highest BCUT2D eigenvalue weighted by atomic mass is 16.5. The van der Waals surface area contributed by atoms with E-state index in [-0.39, 0.29) is 5.91 Å². The molecular weight excluding hydrogens is 370 g/mol. The van der Waals surface area contributed by atoms with Gasteiger partial charge >= 0.3 is 0 Å². The van der Waals surface area contributed by atoms with E-state index in [4.69, 9.17) is 9.26 Å². The van der Waals surface area contributed by atoms with Gasteiger partial charge in [0.05, 0.1) is 30.7 Å². The quantitative estimate of drug-likeness (QED) is 0.503. The zero-order valence-electron chi connectivity index (χ0n) is 16.0. The van der Waals surface area contributed by atoms with E-state index in [2.05, 4.69) is 15.2 Å². The van der Waals surface area contributed by atoms with Gasteiger partial charge in [-0.15, -0.1) is 0 Å². The van der Waals surface area contributed by atoms with Crippen LogP contribution in [0.5, 0.6) is 5.75 Å². The van der Waals surface area contributed by atoms with E-state index in [1.807, 2.05) is 42.5 Å².